The van der Waals surface area contributed by atoms with Crippen LogP contribution in [0, 0.1) is 16.7 Å². The molecule has 0 radical (unpaired) electrons. The second-order valence-corrected chi connectivity index (χ2v) is 5.97. The van der Waals surface area contributed by atoms with Crippen LogP contribution < -0.4 is 5.32 Å². The van der Waals surface area contributed by atoms with Crippen LogP contribution in [0.15, 0.2) is 0 Å². The van der Waals surface area contributed by atoms with Crippen LogP contribution in [0.1, 0.15) is 47.5 Å². The van der Waals surface area contributed by atoms with E-state index in [1.165, 1.54) is 0 Å². The maximum Gasteiger partial charge on any atom is 0.408 e. The van der Waals surface area contributed by atoms with Crippen molar-refractivity contribution in [3.8, 4) is 6.07 Å². The van der Waals surface area contributed by atoms with E-state index in [1.807, 2.05) is 20.8 Å². The summed E-state index contributed by atoms with van der Waals surface area (Å²) in [4.78, 5) is 11.6. The van der Waals surface area contributed by atoms with Crippen molar-refractivity contribution in [3.05, 3.63) is 0 Å². The average Bonchev–Trinajstić information content (AvgIpc) is 2.78. The van der Waals surface area contributed by atoms with Crippen LogP contribution >= 0.6 is 0 Å². The number of nitrogens with one attached hydrogen (secondary N) is 1. The minimum absolute atomic E-state index is 0.323. The number of amides is 1. The third kappa shape index (κ3) is 2.66. The summed E-state index contributed by atoms with van der Waals surface area (Å²) in [6, 6.07) is 2.26. The predicted octanol–water partition coefficient (Wildman–Crippen LogP) is 2.59. The van der Waals surface area contributed by atoms with Gasteiger partial charge < -0.3 is 10.1 Å². The van der Waals surface area contributed by atoms with Gasteiger partial charge in [-0.15, -0.1) is 0 Å². The van der Waals surface area contributed by atoms with Crippen molar-refractivity contribution in [2.24, 2.45) is 5.41 Å². The third-order valence-corrected chi connectivity index (χ3v) is 2.94. The van der Waals surface area contributed by atoms with E-state index in [-0.39, 0.29) is 5.54 Å². The van der Waals surface area contributed by atoms with Gasteiger partial charge in [-0.2, -0.15) is 5.26 Å². The normalized spacial score (nSPS) is 18.5. The van der Waals surface area contributed by atoms with E-state index in [9.17, 15) is 4.79 Å². The van der Waals surface area contributed by atoms with Gasteiger partial charge in [0.05, 0.1) is 11.5 Å². The molecule has 1 saturated carbocycles. The lowest BCUT2D eigenvalue weighted by Crippen LogP contribution is -2.46. The Bertz CT molecular complexity index is 330. The number of rotatable bonds is 2. The summed E-state index contributed by atoms with van der Waals surface area (Å²) >= 11 is 0. The van der Waals surface area contributed by atoms with Gasteiger partial charge in [-0.05, 0) is 47.5 Å². The molecular weight excluding hydrogens is 204 g/mol. The number of hydrogen-bond donors (Lipinski definition) is 1. The highest BCUT2D eigenvalue weighted by atomic mass is 16.6. The largest absolute Gasteiger partial charge is 0.442 e. The standard InChI is InChI=1S/C12H20N2O2/c1-10(2,3)14-9(15)16-11(4,5)12(8-13)6-7-12/h6-7H2,1-5H3,(H,14,15). The van der Waals surface area contributed by atoms with Gasteiger partial charge >= 0.3 is 6.09 Å². The maximum absolute atomic E-state index is 11.6. The van der Waals surface area contributed by atoms with Crippen molar-refractivity contribution in [2.45, 2.75) is 58.6 Å². The highest BCUT2D eigenvalue weighted by Gasteiger charge is 2.58. The number of nitriles is 1. The first-order valence-corrected chi connectivity index (χ1v) is 5.54. The highest BCUT2D eigenvalue weighted by Crippen LogP contribution is 2.54. The number of hydrogen-bond acceptors (Lipinski definition) is 3. The second-order valence-electron chi connectivity index (χ2n) is 5.97. The zero-order valence-electron chi connectivity index (χ0n) is 10.7. The predicted molar refractivity (Wildman–Crippen MR) is 60.7 cm³/mol. The topological polar surface area (TPSA) is 62.1 Å². The monoisotopic (exact) mass is 224 g/mol. The van der Waals surface area contributed by atoms with E-state index in [2.05, 4.69) is 11.4 Å². The second kappa shape index (κ2) is 3.65. The summed E-state index contributed by atoms with van der Waals surface area (Å²) in [5.41, 5.74) is -1.53. The summed E-state index contributed by atoms with van der Waals surface area (Å²) in [6.45, 7) is 9.26. The zero-order chi connectivity index (χ0) is 12.6. The van der Waals surface area contributed by atoms with Gasteiger partial charge in [-0.1, -0.05) is 0 Å². The van der Waals surface area contributed by atoms with E-state index in [0.29, 0.717) is 0 Å². The van der Waals surface area contributed by atoms with Gasteiger partial charge in [0.15, 0.2) is 0 Å². The fraction of sp³-hybridized carbons (Fsp3) is 0.833. The summed E-state index contributed by atoms with van der Waals surface area (Å²) in [6.07, 6.45) is 1.15. The lowest BCUT2D eigenvalue weighted by molar-refractivity contribution is -0.00158. The zero-order valence-corrected chi connectivity index (χ0v) is 10.7. The highest BCUT2D eigenvalue weighted by molar-refractivity contribution is 5.68. The number of carbonyl (C=O) groups is 1. The Morgan fingerprint density at radius 1 is 1.31 bits per heavy atom. The summed E-state index contributed by atoms with van der Waals surface area (Å²) in [5, 5.41) is 11.8. The van der Waals surface area contributed by atoms with Gasteiger partial charge in [0.2, 0.25) is 0 Å². The Labute approximate surface area is 97.0 Å². The molecule has 0 spiro atoms. The maximum atomic E-state index is 11.6. The first kappa shape index (κ1) is 12.8. The van der Waals surface area contributed by atoms with Crippen molar-refractivity contribution < 1.29 is 9.53 Å². The van der Waals surface area contributed by atoms with Crippen molar-refractivity contribution >= 4 is 6.09 Å². The first-order chi connectivity index (χ1) is 7.12. The molecule has 16 heavy (non-hydrogen) atoms. The summed E-state index contributed by atoms with van der Waals surface area (Å²) < 4.78 is 5.36. The van der Waals surface area contributed by atoms with Crippen molar-refractivity contribution in [3.63, 3.8) is 0 Å². The number of nitrogens with zero attached hydrogens (tertiary/aromatic N) is 1. The van der Waals surface area contributed by atoms with Gasteiger partial charge in [0.1, 0.15) is 5.60 Å². The molecule has 0 heterocycles. The minimum atomic E-state index is -0.725. The summed E-state index contributed by atoms with van der Waals surface area (Å²) in [5.74, 6) is 0. The van der Waals surface area contributed by atoms with Gasteiger partial charge in [-0.3, -0.25) is 0 Å². The molecule has 0 unspecified atom stereocenters. The molecule has 90 valence electrons. The fourth-order valence-corrected chi connectivity index (χ4v) is 1.63. The fourth-order valence-electron chi connectivity index (χ4n) is 1.63. The number of alkyl carbamates (subject to hydrolysis) is 1. The smallest absolute Gasteiger partial charge is 0.408 e. The van der Waals surface area contributed by atoms with Crippen molar-refractivity contribution in [1.29, 1.82) is 5.26 Å². The van der Waals surface area contributed by atoms with E-state index >= 15 is 0 Å². The van der Waals surface area contributed by atoms with Crippen LogP contribution in [0.25, 0.3) is 0 Å². The Hall–Kier alpha value is -1.24. The molecule has 4 nitrogen and oxygen atoms in total. The Morgan fingerprint density at radius 2 is 1.81 bits per heavy atom. The molecule has 1 aliphatic rings. The molecule has 0 aromatic heterocycles. The first-order valence-electron chi connectivity index (χ1n) is 5.54. The average molecular weight is 224 g/mol. The van der Waals surface area contributed by atoms with Crippen LogP contribution in [-0.4, -0.2) is 17.2 Å². The SMILES string of the molecule is CC(C)(C)NC(=O)OC(C)(C)C1(C#N)CC1. The molecule has 4 heteroatoms. The summed E-state index contributed by atoms with van der Waals surface area (Å²) in [7, 11) is 0. The van der Waals surface area contributed by atoms with Crippen LogP contribution in [0.4, 0.5) is 4.79 Å². The molecule has 0 bridgehead atoms. The number of carbonyl (C=O) groups excluding carboxylic acids is 1. The molecule has 1 rings (SSSR count). The molecular formula is C12H20N2O2. The molecule has 1 aliphatic carbocycles. The lowest BCUT2D eigenvalue weighted by atomic mass is 9.89. The Balaban J connectivity index is 2.61. The van der Waals surface area contributed by atoms with E-state index < -0.39 is 17.1 Å². The van der Waals surface area contributed by atoms with Crippen LogP contribution in [0.2, 0.25) is 0 Å². The molecule has 0 aliphatic heterocycles. The minimum Gasteiger partial charge on any atom is -0.442 e. The van der Waals surface area contributed by atoms with E-state index in [4.69, 9.17) is 10.00 Å². The Kier molecular flexibility index (Phi) is 2.93. The molecule has 1 N–H and O–H groups in total. The van der Waals surface area contributed by atoms with Crippen LogP contribution in [0.5, 0.6) is 0 Å². The van der Waals surface area contributed by atoms with Crippen molar-refractivity contribution in [2.75, 3.05) is 0 Å². The number of ether oxygens (including phenoxy) is 1. The van der Waals surface area contributed by atoms with Gasteiger partial charge in [-0.25, -0.2) is 4.79 Å². The Morgan fingerprint density at radius 3 is 2.12 bits per heavy atom. The lowest BCUT2D eigenvalue weighted by Gasteiger charge is -2.31. The van der Waals surface area contributed by atoms with Crippen LogP contribution in [-0.2, 0) is 4.74 Å². The molecule has 0 aromatic rings. The quantitative estimate of drug-likeness (QED) is 0.784. The van der Waals surface area contributed by atoms with Gasteiger partial charge in [0, 0.05) is 5.54 Å². The molecule has 1 fully saturated rings. The molecule has 1 amide bonds. The van der Waals surface area contributed by atoms with Crippen molar-refractivity contribution in [1.82, 2.24) is 5.32 Å². The molecule has 0 aromatic carbocycles. The van der Waals surface area contributed by atoms with Gasteiger partial charge in [0.25, 0.3) is 0 Å². The van der Waals surface area contributed by atoms with Crippen LogP contribution in [0.3, 0.4) is 0 Å². The van der Waals surface area contributed by atoms with E-state index in [1.54, 1.807) is 13.8 Å². The molecule has 0 atom stereocenters. The molecule has 0 saturated heterocycles. The third-order valence-electron chi connectivity index (χ3n) is 2.94. The van der Waals surface area contributed by atoms with E-state index in [0.717, 1.165) is 12.8 Å².